The van der Waals surface area contributed by atoms with E-state index in [2.05, 4.69) is 10.0 Å². The molecule has 0 spiro atoms. The molecule has 3 rings (SSSR count). The van der Waals surface area contributed by atoms with Crippen molar-refractivity contribution in [2.45, 2.75) is 24.2 Å². The lowest BCUT2D eigenvalue weighted by atomic mass is 10.1. The average Bonchev–Trinajstić information content (AvgIpc) is 3.03. The molecule has 5 nitrogen and oxygen atoms in total. The number of amides is 1. The summed E-state index contributed by atoms with van der Waals surface area (Å²) in [6.45, 7) is 0. The van der Waals surface area contributed by atoms with Gasteiger partial charge in [-0.15, -0.1) is 0 Å². The van der Waals surface area contributed by atoms with Crippen LogP contribution >= 0.6 is 11.6 Å². The van der Waals surface area contributed by atoms with Crippen LogP contribution in [0.1, 0.15) is 27.9 Å². The van der Waals surface area contributed by atoms with Gasteiger partial charge >= 0.3 is 0 Å². The Labute approximate surface area is 146 Å². The zero-order chi connectivity index (χ0) is 17.3. The Morgan fingerprint density at radius 1 is 1.08 bits per heavy atom. The van der Waals surface area contributed by atoms with Crippen molar-refractivity contribution in [2.24, 2.45) is 0 Å². The van der Waals surface area contributed by atoms with E-state index in [0.29, 0.717) is 5.56 Å². The van der Waals surface area contributed by atoms with E-state index in [-0.39, 0.29) is 21.5 Å². The average molecular weight is 365 g/mol. The van der Waals surface area contributed by atoms with E-state index in [0.717, 1.165) is 24.8 Å². The van der Waals surface area contributed by atoms with Crippen LogP contribution < -0.4 is 10.0 Å². The maximum Gasteiger partial charge on any atom is 0.261 e. The SMILES string of the molecule is CNC(=O)c1ccc(Cl)c(NS(=O)(=O)c2ccc3c(c2)CCC3)c1. The highest BCUT2D eigenvalue weighted by Gasteiger charge is 2.20. The van der Waals surface area contributed by atoms with Crippen molar-refractivity contribution < 1.29 is 13.2 Å². The first kappa shape index (κ1) is 16.8. The second-order valence-electron chi connectivity index (χ2n) is 5.66. The van der Waals surface area contributed by atoms with Crippen molar-refractivity contribution in [3.05, 3.63) is 58.1 Å². The molecule has 0 unspecified atom stereocenters. The third kappa shape index (κ3) is 3.25. The van der Waals surface area contributed by atoms with E-state index >= 15 is 0 Å². The van der Waals surface area contributed by atoms with Gasteiger partial charge in [0.05, 0.1) is 15.6 Å². The minimum Gasteiger partial charge on any atom is -0.355 e. The Bertz CT molecular complexity index is 910. The van der Waals surface area contributed by atoms with Crippen molar-refractivity contribution in [3.63, 3.8) is 0 Å². The summed E-state index contributed by atoms with van der Waals surface area (Å²) in [5.41, 5.74) is 2.78. The number of carbonyl (C=O) groups is 1. The molecule has 1 amide bonds. The number of anilines is 1. The molecule has 126 valence electrons. The largest absolute Gasteiger partial charge is 0.355 e. The monoisotopic (exact) mass is 364 g/mol. The second-order valence-corrected chi connectivity index (χ2v) is 7.75. The molecule has 1 aliphatic carbocycles. The molecule has 1 aliphatic rings. The smallest absolute Gasteiger partial charge is 0.261 e. The molecule has 0 saturated heterocycles. The van der Waals surface area contributed by atoms with Crippen LogP contribution in [0.2, 0.25) is 5.02 Å². The Morgan fingerprint density at radius 2 is 1.83 bits per heavy atom. The molecule has 0 saturated carbocycles. The maximum absolute atomic E-state index is 12.6. The normalized spacial score (nSPS) is 13.4. The summed E-state index contributed by atoms with van der Waals surface area (Å²) in [4.78, 5) is 11.9. The standard InChI is InChI=1S/C17H17ClN2O3S/c1-19-17(21)13-6-8-15(18)16(10-13)20-24(22,23)14-7-5-11-3-2-4-12(11)9-14/h5-10,20H,2-4H2,1H3,(H,19,21). The fourth-order valence-corrected chi connectivity index (χ4v) is 4.15. The van der Waals surface area contributed by atoms with E-state index in [4.69, 9.17) is 11.6 Å². The summed E-state index contributed by atoms with van der Waals surface area (Å²) in [6, 6.07) is 9.62. The van der Waals surface area contributed by atoms with Crippen molar-refractivity contribution in [1.82, 2.24) is 5.32 Å². The van der Waals surface area contributed by atoms with Gasteiger partial charge < -0.3 is 5.32 Å². The zero-order valence-corrected chi connectivity index (χ0v) is 14.7. The van der Waals surface area contributed by atoms with Gasteiger partial charge in [-0.1, -0.05) is 17.7 Å². The molecule has 0 heterocycles. The molecule has 0 aromatic heterocycles. The van der Waals surface area contributed by atoms with E-state index < -0.39 is 10.0 Å². The molecule has 2 aromatic rings. The van der Waals surface area contributed by atoms with E-state index in [1.54, 1.807) is 12.1 Å². The molecule has 0 radical (unpaired) electrons. The predicted octanol–water partition coefficient (Wildman–Crippen LogP) is 2.99. The predicted molar refractivity (Wildman–Crippen MR) is 94.1 cm³/mol. The summed E-state index contributed by atoms with van der Waals surface area (Å²) < 4.78 is 27.7. The van der Waals surface area contributed by atoms with Gasteiger partial charge in [0.2, 0.25) is 0 Å². The number of hydrogen-bond acceptors (Lipinski definition) is 3. The van der Waals surface area contributed by atoms with E-state index in [1.807, 2.05) is 6.07 Å². The number of benzene rings is 2. The number of halogens is 1. The van der Waals surface area contributed by atoms with Gasteiger partial charge in [-0.2, -0.15) is 0 Å². The fourth-order valence-electron chi connectivity index (χ4n) is 2.81. The lowest BCUT2D eigenvalue weighted by Crippen LogP contribution is -2.19. The van der Waals surface area contributed by atoms with Gasteiger partial charge in [-0.3, -0.25) is 9.52 Å². The van der Waals surface area contributed by atoms with Gasteiger partial charge in [0.25, 0.3) is 15.9 Å². The van der Waals surface area contributed by atoms with Crippen LogP contribution in [0.4, 0.5) is 5.69 Å². The van der Waals surface area contributed by atoms with E-state index in [9.17, 15) is 13.2 Å². The number of rotatable bonds is 4. The molecule has 0 bridgehead atoms. The van der Waals surface area contributed by atoms with Gasteiger partial charge in [-0.05, 0) is 60.7 Å². The summed E-state index contributed by atoms with van der Waals surface area (Å²) in [6.07, 6.45) is 2.93. The summed E-state index contributed by atoms with van der Waals surface area (Å²) in [5, 5.41) is 2.72. The van der Waals surface area contributed by atoms with Crippen LogP contribution in [0.5, 0.6) is 0 Å². The molecular formula is C17H17ClN2O3S. The Morgan fingerprint density at radius 3 is 2.58 bits per heavy atom. The highest BCUT2D eigenvalue weighted by Crippen LogP contribution is 2.28. The molecule has 0 aliphatic heterocycles. The molecule has 24 heavy (non-hydrogen) atoms. The van der Waals surface area contributed by atoms with Crippen LogP contribution in [-0.4, -0.2) is 21.4 Å². The summed E-state index contributed by atoms with van der Waals surface area (Å²) in [7, 11) is -2.27. The van der Waals surface area contributed by atoms with Gasteiger partial charge in [0, 0.05) is 12.6 Å². The zero-order valence-electron chi connectivity index (χ0n) is 13.1. The summed E-state index contributed by atoms with van der Waals surface area (Å²) >= 11 is 6.07. The first-order valence-electron chi connectivity index (χ1n) is 7.57. The lowest BCUT2D eigenvalue weighted by Gasteiger charge is -2.12. The van der Waals surface area contributed by atoms with Gasteiger partial charge in [-0.25, -0.2) is 8.42 Å². The quantitative estimate of drug-likeness (QED) is 0.875. The first-order chi connectivity index (χ1) is 11.4. The van der Waals surface area contributed by atoms with Crippen LogP contribution in [0.25, 0.3) is 0 Å². The Kier molecular flexibility index (Phi) is 4.51. The van der Waals surface area contributed by atoms with Crippen LogP contribution in [0.15, 0.2) is 41.3 Å². The lowest BCUT2D eigenvalue weighted by molar-refractivity contribution is 0.0963. The molecule has 7 heteroatoms. The number of fused-ring (bicyclic) bond motifs is 1. The molecular weight excluding hydrogens is 348 g/mol. The number of sulfonamides is 1. The number of nitrogens with one attached hydrogen (secondary N) is 2. The Balaban J connectivity index is 1.93. The summed E-state index contributed by atoms with van der Waals surface area (Å²) in [5.74, 6) is -0.315. The third-order valence-corrected chi connectivity index (χ3v) is 5.77. The molecule has 2 N–H and O–H groups in total. The van der Waals surface area contributed by atoms with Crippen LogP contribution in [0, 0.1) is 0 Å². The molecule has 0 atom stereocenters. The fraction of sp³-hybridized carbons (Fsp3) is 0.235. The van der Waals surface area contributed by atoms with Gasteiger partial charge in [0.15, 0.2) is 0 Å². The van der Waals surface area contributed by atoms with Crippen molar-refractivity contribution in [3.8, 4) is 0 Å². The Hall–Kier alpha value is -2.05. The highest BCUT2D eigenvalue weighted by atomic mass is 35.5. The first-order valence-corrected chi connectivity index (χ1v) is 9.43. The second kappa shape index (κ2) is 6.45. The van der Waals surface area contributed by atoms with Gasteiger partial charge in [0.1, 0.15) is 0 Å². The highest BCUT2D eigenvalue weighted by molar-refractivity contribution is 7.92. The molecule has 2 aromatic carbocycles. The minimum atomic E-state index is -3.77. The van der Waals surface area contributed by atoms with Crippen molar-refractivity contribution in [2.75, 3.05) is 11.8 Å². The van der Waals surface area contributed by atoms with Crippen LogP contribution in [0.3, 0.4) is 0 Å². The van der Waals surface area contributed by atoms with Crippen molar-refractivity contribution in [1.29, 1.82) is 0 Å². The maximum atomic E-state index is 12.6. The third-order valence-electron chi connectivity index (χ3n) is 4.08. The number of hydrogen-bond donors (Lipinski definition) is 2. The van der Waals surface area contributed by atoms with Crippen molar-refractivity contribution >= 4 is 33.2 Å². The number of aryl methyl sites for hydroxylation is 2. The van der Waals surface area contributed by atoms with E-state index in [1.165, 1.54) is 30.8 Å². The number of carbonyl (C=O) groups excluding carboxylic acids is 1. The molecule has 0 fully saturated rings. The minimum absolute atomic E-state index is 0.179. The topological polar surface area (TPSA) is 75.3 Å². The van der Waals surface area contributed by atoms with Crippen LogP contribution in [-0.2, 0) is 22.9 Å².